The number of carbonyl (C=O) groups is 1. The summed E-state index contributed by atoms with van der Waals surface area (Å²) in [7, 11) is 0. The van der Waals surface area contributed by atoms with Gasteiger partial charge in [-0.15, -0.1) is 0 Å². The maximum Gasteiger partial charge on any atom is 0.303 e. The quantitative estimate of drug-likeness (QED) is 0.723. The molecular formula is C9H14N2O2. The molecule has 4 nitrogen and oxygen atoms in total. The Balaban J connectivity index is 2.40. The summed E-state index contributed by atoms with van der Waals surface area (Å²) in [6.07, 6.45) is 4.23. The predicted molar refractivity (Wildman–Crippen MR) is 48.5 cm³/mol. The van der Waals surface area contributed by atoms with Crippen molar-refractivity contribution in [2.24, 2.45) is 0 Å². The van der Waals surface area contributed by atoms with Gasteiger partial charge in [0.2, 0.25) is 0 Å². The summed E-state index contributed by atoms with van der Waals surface area (Å²) in [6, 6.07) is 0. The van der Waals surface area contributed by atoms with Gasteiger partial charge in [0.05, 0.1) is 12.0 Å². The summed E-state index contributed by atoms with van der Waals surface area (Å²) in [4.78, 5) is 17.4. The van der Waals surface area contributed by atoms with E-state index in [-0.39, 0.29) is 6.42 Å². The second-order valence-electron chi connectivity index (χ2n) is 2.93. The Morgan fingerprint density at radius 1 is 1.69 bits per heavy atom. The molecule has 1 rings (SSSR count). The van der Waals surface area contributed by atoms with Gasteiger partial charge in [0.25, 0.3) is 0 Å². The molecule has 0 bridgehead atoms. The molecule has 1 aromatic heterocycles. The number of aliphatic carboxylic acids is 1. The molecule has 0 atom stereocenters. The standard InChI is InChI=1S/C9H14N2O2/c1-2-7-8(11-6-10-7)4-3-5-9(12)13/h6H,2-5H2,1H3,(H,10,11)(H,12,13). The number of hydrogen-bond acceptors (Lipinski definition) is 2. The highest BCUT2D eigenvalue weighted by molar-refractivity contribution is 5.66. The van der Waals surface area contributed by atoms with E-state index in [4.69, 9.17) is 5.11 Å². The van der Waals surface area contributed by atoms with E-state index < -0.39 is 5.97 Å². The number of hydrogen-bond donors (Lipinski definition) is 2. The van der Waals surface area contributed by atoms with Crippen LogP contribution in [0.15, 0.2) is 6.33 Å². The van der Waals surface area contributed by atoms with Crippen LogP contribution in [0.2, 0.25) is 0 Å². The molecule has 0 amide bonds. The lowest BCUT2D eigenvalue weighted by molar-refractivity contribution is -0.137. The summed E-state index contributed by atoms with van der Waals surface area (Å²) in [5, 5.41) is 8.44. The lowest BCUT2D eigenvalue weighted by Gasteiger charge is -1.98. The van der Waals surface area contributed by atoms with E-state index in [0.29, 0.717) is 6.42 Å². The highest BCUT2D eigenvalue weighted by atomic mass is 16.4. The number of nitrogens with zero attached hydrogens (tertiary/aromatic N) is 1. The first-order valence-corrected chi connectivity index (χ1v) is 4.47. The first-order valence-electron chi connectivity index (χ1n) is 4.47. The maximum atomic E-state index is 10.3. The molecule has 0 fully saturated rings. The number of rotatable bonds is 5. The third-order valence-electron chi connectivity index (χ3n) is 1.96. The number of nitrogens with one attached hydrogen (secondary N) is 1. The number of H-pyrrole nitrogens is 1. The molecule has 0 saturated carbocycles. The van der Waals surface area contributed by atoms with Gasteiger partial charge >= 0.3 is 5.97 Å². The molecule has 0 radical (unpaired) electrons. The number of carboxylic acid groups (broad SMARTS) is 1. The number of aromatic nitrogens is 2. The third-order valence-corrected chi connectivity index (χ3v) is 1.96. The number of imidazole rings is 1. The summed E-state index contributed by atoms with van der Waals surface area (Å²) in [5.41, 5.74) is 2.12. The van der Waals surface area contributed by atoms with E-state index in [2.05, 4.69) is 9.97 Å². The van der Waals surface area contributed by atoms with Crippen molar-refractivity contribution in [3.05, 3.63) is 17.7 Å². The fourth-order valence-electron chi connectivity index (χ4n) is 1.29. The van der Waals surface area contributed by atoms with Crippen molar-refractivity contribution in [2.75, 3.05) is 0 Å². The smallest absolute Gasteiger partial charge is 0.303 e. The molecule has 0 spiro atoms. The average Bonchev–Trinajstić information content (AvgIpc) is 2.51. The van der Waals surface area contributed by atoms with E-state index in [9.17, 15) is 4.79 Å². The normalized spacial score (nSPS) is 10.2. The highest BCUT2D eigenvalue weighted by Crippen LogP contribution is 2.07. The van der Waals surface area contributed by atoms with Crippen molar-refractivity contribution in [3.8, 4) is 0 Å². The largest absolute Gasteiger partial charge is 0.481 e. The third kappa shape index (κ3) is 2.89. The molecule has 1 heterocycles. The number of aromatic amines is 1. The lowest BCUT2D eigenvalue weighted by Crippen LogP contribution is -1.97. The van der Waals surface area contributed by atoms with Crippen molar-refractivity contribution in [2.45, 2.75) is 32.6 Å². The minimum Gasteiger partial charge on any atom is -0.481 e. The van der Waals surface area contributed by atoms with Crippen LogP contribution in [0.3, 0.4) is 0 Å². The number of aryl methyl sites for hydroxylation is 2. The Morgan fingerprint density at radius 3 is 3.08 bits per heavy atom. The fraction of sp³-hybridized carbons (Fsp3) is 0.556. The van der Waals surface area contributed by atoms with Gasteiger partial charge in [0.15, 0.2) is 0 Å². The van der Waals surface area contributed by atoms with Crippen LogP contribution in [0.5, 0.6) is 0 Å². The molecule has 2 N–H and O–H groups in total. The van der Waals surface area contributed by atoms with Gasteiger partial charge in [-0.1, -0.05) is 6.92 Å². The predicted octanol–water partition coefficient (Wildman–Crippen LogP) is 1.38. The van der Waals surface area contributed by atoms with Crippen LogP contribution in [0.4, 0.5) is 0 Å². The average molecular weight is 182 g/mol. The zero-order valence-corrected chi connectivity index (χ0v) is 7.71. The maximum absolute atomic E-state index is 10.3. The van der Waals surface area contributed by atoms with Crippen LogP contribution in [0, 0.1) is 0 Å². The minimum atomic E-state index is -0.738. The molecule has 0 aliphatic rings. The SMILES string of the molecule is CCc1nc[nH]c1CCCC(=O)O. The molecule has 4 heteroatoms. The number of carboxylic acids is 1. The second-order valence-corrected chi connectivity index (χ2v) is 2.93. The summed E-state index contributed by atoms with van der Waals surface area (Å²) in [5.74, 6) is -0.738. The summed E-state index contributed by atoms with van der Waals surface area (Å²) in [6.45, 7) is 2.04. The molecule has 72 valence electrons. The molecule has 0 unspecified atom stereocenters. The van der Waals surface area contributed by atoms with Crippen LogP contribution in [-0.2, 0) is 17.6 Å². The van der Waals surface area contributed by atoms with Gasteiger partial charge in [-0.2, -0.15) is 0 Å². The molecule has 0 aromatic carbocycles. The molecule has 0 aliphatic heterocycles. The molecule has 13 heavy (non-hydrogen) atoms. The van der Waals surface area contributed by atoms with Crippen LogP contribution >= 0.6 is 0 Å². The Hall–Kier alpha value is -1.32. The van der Waals surface area contributed by atoms with Gasteiger partial charge < -0.3 is 10.1 Å². The van der Waals surface area contributed by atoms with Crippen molar-refractivity contribution < 1.29 is 9.90 Å². The Bertz CT molecular complexity index is 281. The van der Waals surface area contributed by atoms with Crippen molar-refractivity contribution >= 4 is 5.97 Å². The van der Waals surface area contributed by atoms with E-state index in [1.807, 2.05) is 6.92 Å². The van der Waals surface area contributed by atoms with E-state index in [1.165, 1.54) is 0 Å². The van der Waals surface area contributed by atoms with Gasteiger partial charge in [0.1, 0.15) is 0 Å². The first-order chi connectivity index (χ1) is 6.24. The van der Waals surface area contributed by atoms with E-state index in [1.54, 1.807) is 6.33 Å². The monoisotopic (exact) mass is 182 g/mol. The Morgan fingerprint density at radius 2 is 2.46 bits per heavy atom. The molecule has 1 aromatic rings. The minimum absolute atomic E-state index is 0.224. The second kappa shape index (κ2) is 4.64. The highest BCUT2D eigenvalue weighted by Gasteiger charge is 2.04. The molecular weight excluding hydrogens is 168 g/mol. The van der Waals surface area contributed by atoms with E-state index in [0.717, 1.165) is 24.2 Å². The topological polar surface area (TPSA) is 66.0 Å². The zero-order chi connectivity index (χ0) is 9.68. The van der Waals surface area contributed by atoms with Crippen LogP contribution in [0.25, 0.3) is 0 Å². The van der Waals surface area contributed by atoms with E-state index >= 15 is 0 Å². The van der Waals surface area contributed by atoms with Gasteiger partial charge in [0, 0.05) is 12.1 Å². The summed E-state index contributed by atoms with van der Waals surface area (Å²) >= 11 is 0. The van der Waals surface area contributed by atoms with Gasteiger partial charge in [-0.25, -0.2) is 4.98 Å². The van der Waals surface area contributed by atoms with Crippen molar-refractivity contribution in [1.29, 1.82) is 0 Å². The van der Waals surface area contributed by atoms with Gasteiger partial charge in [-0.05, 0) is 19.3 Å². The van der Waals surface area contributed by atoms with Crippen LogP contribution in [-0.4, -0.2) is 21.0 Å². The Labute approximate surface area is 77.0 Å². The summed E-state index contributed by atoms with van der Waals surface area (Å²) < 4.78 is 0. The Kier molecular flexibility index (Phi) is 3.49. The lowest BCUT2D eigenvalue weighted by atomic mass is 10.1. The van der Waals surface area contributed by atoms with Crippen LogP contribution in [0.1, 0.15) is 31.2 Å². The molecule has 0 aliphatic carbocycles. The van der Waals surface area contributed by atoms with Gasteiger partial charge in [-0.3, -0.25) is 4.79 Å². The van der Waals surface area contributed by atoms with Crippen molar-refractivity contribution in [3.63, 3.8) is 0 Å². The zero-order valence-electron chi connectivity index (χ0n) is 7.71. The fourth-order valence-corrected chi connectivity index (χ4v) is 1.29. The van der Waals surface area contributed by atoms with Crippen molar-refractivity contribution in [1.82, 2.24) is 9.97 Å². The molecule has 0 saturated heterocycles. The first kappa shape index (κ1) is 9.77. The van der Waals surface area contributed by atoms with Crippen LogP contribution < -0.4 is 0 Å².